The zero-order valence-electron chi connectivity index (χ0n) is 17.8. The van der Waals surface area contributed by atoms with E-state index in [4.69, 9.17) is 0 Å². The maximum absolute atomic E-state index is 3.06. The molecule has 0 saturated heterocycles. The number of benzene rings is 2. The normalized spacial score (nSPS) is 19.3. The van der Waals surface area contributed by atoms with Gasteiger partial charge in [-0.15, -0.1) is 9.24 Å². The van der Waals surface area contributed by atoms with Crippen molar-refractivity contribution in [1.82, 2.24) is 0 Å². The molecule has 1 atom stereocenters. The van der Waals surface area contributed by atoms with Gasteiger partial charge in [-0.25, -0.2) is 0 Å². The monoisotopic (exact) mass is 392 g/mol. The van der Waals surface area contributed by atoms with Crippen molar-refractivity contribution < 1.29 is 0 Å². The van der Waals surface area contributed by atoms with Gasteiger partial charge in [0.2, 0.25) is 0 Å². The third kappa shape index (κ3) is 4.23. The van der Waals surface area contributed by atoms with Crippen LogP contribution in [0.5, 0.6) is 0 Å². The van der Waals surface area contributed by atoms with E-state index in [1.54, 1.807) is 11.1 Å². The minimum absolute atomic E-state index is 0.593. The van der Waals surface area contributed by atoms with Crippen LogP contribution < -0.4 is 5.30 Å². The molecule has 0 radical (unpaired) electrons. The Bertz CT molecular complexity index is 775. The number of rotatable bonds is 4. The molecule has 4 rings (SSSR count). The van der Waals surface area contributed by atoms with Gasteiger partial charge in [-0.2, -0.15) is 0 Å². The topological polar surface area (TPSA) is 0 Å². The predicted molar refractivity (Wildman–Crippen MR) is 127 cm³/mol. The van der Waals surface area contributed by atoms with Gasteiger partial charge in [0, 0.05) is 0 Å². The lowest BCUT2D eigenvalue weighted by Crippen LogP contribution is -2.17. The van der Waals surface area contributed by atoms with E-state index in [0.717, 1.165) is 11.8 Å². The molecule has 0 bridgehead atoms. The second-order valence-electron chi connectivity index (χ2n) is 9.48. The Morgan fingerprint density at radius 2 is 1.29 bits per heavy atom. The number of hydrogen-bond donors (Lipinski definition) is 0. The average Bonchev–Trinajstić information content (AvgIpc) is 2.75. The van der Waals surface area contributed by atoms with Gasteiger partial charge < -0.3 is 0 Å². The molecule has 2 fully saturated rings. The van der Waals surface area contributed by atoms with E-state index in [9.17, 15) is 0 Å². The summed E-state index contributed by atoms with van der Waals surface area (Å²) in [5.74, 6) is 2.13. The van der Waals surface area contributed by atoms with Crippen molar-refractivity contribution in [2.24, 2.45) is 0 Å². The summed E-state index contributed by atoms with van der Waals surface area (Å²) in [4.78, 5) is 0. The summed E-state index contributed by atoms with van der Waals surface area (Å²) in [6.45, 7) is 4.57. The SMILES string of the molecule is CC(C)c1ccc(-c2c(P)ccc(C3CCCCC3)c2C2CCCCC2)cc1. The summed E-state index contributed by atoms with van der Waals surface area (Å²) in [5, 5.41) is 1.39. The molecular weight excluding hydrogens is 355 g/mol. The van der Waals surface area contributed by atoms with Crippen molar-refractivity contribution in [1.29, 1.82) is 0 Å². The molecule has 0 amide bonds. The van der Waals surface area contributed by atoms with Crippen molar-refractivity contribution in [2.75, 3.05) is 0 Å². The Kier molecular flexibility index (Phi) is 6.57. The Hall–Kier alpha value is -1.13. The third-order valence-corrected chi connectivity index (χ3v) is 7.72. The lowest BCUT2D eigenvalue weighted by molar-refractivity contribution is 0.419. The van der Waals surface area contributed by atoms with Crippen molar-refractivity contribution in [3.05, 3.63) is 53.1 Å². The van der Waals surface area contributed by atoms with Crippen LogP contribution in [0.2, 0.25) is 0 Å². The van der Waals surface area contributed by atoms with Crippen molar-refractivity contribution >= 4 is 14.5 Å². The Morgan fingerprint density at radius 3 is 1.86 bits per heavy atom. The van der Waals surface area contributed by atoms with E-state index in [2.05, 4.69) is 59.5 Å². The first-order valence-electron chi connectivity index (χ1n) is 11.7. The van der Waals surface area contributed by atoms with Crippen molar-refractivity contribution in [3.63, 3.8) is 0 Å². The molecule has 1 heteroatoms. The molecule has 0 spiro atoms. The molecule has 0 aromatic heterocycles. The second-order valence-corrected chi connectivity index (χ2v) is 10.1. The Balaban J connectivity index is 1.83. The highest BCUT2D eigenvalue weighted by atomic mass is 31.0. The van der Waals surface area contributed by atoms with E-state index >= 15 is 0 Å². The van der Waals surface area contributed by atoms with Crippen LogP contribution in [-0.4, -0.2) is 0 Å². The van der Waals surface area contributed by atoms with Crippen molar-refractivity contribution in [3.8, 4) is 11.1 Å². The van der Waals surface area contributed by atoms with Crippen LogP contribution in [0.15, 0.2) is 36.4 Å². The zero-order chi connectivity index (χ0) is 19.5. The molecule has 2 aliphatic carbocycles. The first-order chi connectivity index (χ1) is 13.6. The fourth-order valence-corrected chi connectivity index (χ4v) is 6.03. The highest BCUT2D eigenvalue weighted by Gasteiger charge is 2.27. The fraction of sp³-hybridized carbons (Fsp3) is 0.556. The molecule has 1 unspecified atom stereocenters. The van der Waals surface area contributed by atoms with Gasteiger partial charge in [0.25, 0.3) is 0 Å². The molecule has 0 nitrogen and oxygen atoms in total. The van der Waals surface area contributed by atoms with Gasteiger partial charge >= 0.3 is 0 Å². The minimum Gasteiger partial charge on any atom is -0.105 e. The highest BCUT2D eigenvalue weighted by molar-refractivity contribution is 7.28. The predicted octanol–water partition coefficient (Wildman–Crippen LogP) is 8.07. The zero-order valence-corrected chi connectivity index (χ0v) is 19.0. The largest absolute Gasteiger partial charge is 0.105 e. The lowest BCUT2D eigenvalue weighted by atomic mass is 9.73. The van der Waals surface area contributed by atoms with Gasteiger partial charge in [0.15, 0.2) is 0 Å². The lowest BCUT2D eigenvalue weighted by Gasteiger charge is -2.32. The molecule has 2 aromatic rings. The summed E-state index contributed by atoms with van der Waals surface area (Å²) in [6.07, 6.45) is 14.0. The first kappa shape index (κ1) is 20.2. The second kappa shape index (κ2) is 9.13. The van der Waals surface area contributed by atoms with Crippen LogP contribution in [-0.2, 0) is 0 Å². The summed E-state index contributed by atoms with van der Waals surface area (Å²) >= 11 is 0. The average molecular weight is 393 g/mol. The molecular formula is C27H37P. The molecule has 28 heavy (non-hydrogen) atoms. The quantitative estimate of drug-likeness (QED) is 0.461. The molecule has 0 heterocycles. The van der Waals surface area contributed by atoms with Gasteiger partial charge in [0.05, 0.1) is 0 Å². The Labute approximate surface area is 174 Å². The van der Waals surface area contributed by atoms with E-state index < -0.39 is 0 Å². The molecule has 150 valence electrons. The minimum atomic E-state index is 0.593. The molecule has 2 aliphatic rings. The van der Waals surface area contributed by atoms with E-state index in [1.807, 2.05) is 0 Å². The number of hydrogen-bond acceptors (Lipinski definition) is 0. The van der Waals surface area contributed by atoms with Crippen LogP contribution in [0.4, 0.5) is 0 Å². The smallest absolute Gasteiger partial charge is 0.00745 e. The van der Waals surface area contributed by atoms with Crippen LogP contribution in [0.3, 0.4) is 0 Å². The maximum atomic E-state index is 3.06. The third-order valence-electron chi connectivity index (χ3n) is 7.24. The van der Waals surface area contributed by atoms with Gasteiger partial charge in [-0.1, -0.05) is 88.8 Å². The summed E-state index contributed by atoms with van der Waals surface area (Å²) in [7, 11) is 3.06. The van der Waals surface area contributed by atoms with Gasteiger partial charge in [-0.3, -0.25) is 0 Å². The molecule has 0 aliphatic heterocycles. The van der Waals surface area contributed by atoms with Crippen LogP contribution in [0, 0.1) is 0 Å². The van der Waals surface area contributed by atoms with Gasteiger partial charge in [0.1, 0.15) is 0 Å². The van der Waals surface area contributed by atoms with E-state index in [1.165, 1.54) is 86.2 Å². The highest BCUT2D eigenvalue weighted by Crippen LogP contribution is 2.45. The van der Waals surface area contributed by atoms with Gasteiger partial charge in [-0.05, 0) is 76.6 Å². The van der Waals surface area contributed by atoms with E-state index in [0.29, 0.717) is 5.92 Å². The Morgan fingerprint density at radius 1 is 0.714 bits per heavy atom. The summed E-state index contributed by atoms with van der Waals surface area (Å²) < 4.78 is 0. The standard InChI is InChI=1S/C27H37P/c1-19(2)20-13-15-23(16-14-20)27-25(28)18-17-24(21-9-5-3-6-10-21)26(27)22-11-7-4-8-12-22/h13-19,21-22H,3-12,28H2,1-2H3. The first-order valence-corrected chi connectivity index (χ1v) is 12.3. The summed E-state index contributed by atoms with van der Waals surface area (Å²) in [5.41, 5.74) is 7.82. The molecule has 2 aromatic carbocycles. The molecule has 0 N–H and O–H groups in total. The molecule has 2 saturated carbocycles. The van der Waals surface area contributed by atoms with Crippen LogP contribution in [0.1, 0.15) is 112 Å². The van der Waals surface area contributed by atoms with Crippen LogP contribution >= 0.6 is 9.24 Å². The maximum Gasteiger partial charge on any atom is -0.00745 e. The van der Waals surface area contributed by atoms with Crippen LogP contribution in [0.25, 0.3) is 11.1 Å². The van der Waals surface area contributed by atoms with Crippen molar-refractivity contribution in [2.45, 2.75) is 95.8 Å². The summed E-state index contributed by atoms with van der Waals surface area (Å²) in [6, 6.07) is 14.3. The van der Waals surface area contributed by atoms with E-state index in [-0.39, 0.29) is 0 Å². The fourth-order valence-electron chi connectivity index (χ4n) is 5.61.